The Morgan fingerprint density at radius 3 is 1.87 bits per heavy atom. The number of aliphatic hydroxyl groups is 1. The number of aliphatic hydroxyl groups excluding tert-OH is 1. The Morgan fingerprint density at radius 2 is 1.21 bits per heavy atom. The summed E-state index contributed by atoms with van der Waals surface area (Å²) in [5.74, 6) is 2.26. The molecular formula is C44H31Br4O4+. The van der Waals surface area contributed by atoms with Gasteiger partial charge in [-0.3, -0.25) is 4.79 Å². The van der Waals surface area contributed by atoms with E-state index in [4.69, 9.17) is 9.15 Å². The Bertz CT molecular complexity index is 2500. The molecule has 0 fully saturated rings. The number of ketones is 1. The van der Waals surface area contributed by atoms with Crippen molar-refractivity contribution in [2.24, 2.45) is 0 Å². The van der Waals surface area contributed by atoms with Gasteiger partial charge in [-0.25, -0.2) is 4.42 Å². The van der Waals surface area contributed by atoms with Crippen LogP contribution < -0.4 is 0 Å². The summed E-state index contributed by atoms with van der Waals surface area (Å²) >= 11 is 14.3. The third kappa shape index (κ3) is 7.14. The summed E-state index contributed by atoms with van der Waals surface area (Å²) in [7, 11) is 0. The van der Waals surface area contributed by atoms with E-state index in [-0.39, 0.29) is 22.7 Å². The largest absolute Gasteiger partial charge is 0.506 e. The molecule has 7 rings (SSSR count). The van der Waals surface area contributed by atoms with Gasteiger partial charge in [0, 0.05) is 29.0 Å². The molecule has 52 heavy (non-hydrogen) atoms. The van der Waals surface area contributed by atoms with Gasteiger partial charge in [-0.05, 0) is 186 Å². The molecule has 1 N–H and O–H groups in total. The van der Waals surface area contributed by atoms with E-state index in [1.807, 2.05) is 84.9 Å². The quantitative estimate of drug-likeness (QED) is 0.136. The molecule has 0 spiro atoms. The first-order valence-electron chi connectivity index (χ1n) is 16.4. The predicted molar refractivity (Wildman–Crippen MR) is 224 cm³/mol. The van der Waals surface area contributed by atoms with Crippen molar-refractivity contribution < 1.29 is 19.1 Å². The highest BCUT2D eigenvalue weighted by Gasteiger charge is 2.33. The highest BCUT2D eigenvalue weighted by Crippen LogP contribution is 2.40. The van der Waals surface area contributed by atoms with Crippen LogP contribution >= 0.6 is 63.7 Å². The molecular weight excluding hydrogens is 912 g/mol. The van der Waals surface area contributed by atoms with Gasteiger partial charge in [-0.2, -0.15) is 0 Å². The molecule has 258 valence electrons. The third-order valence-electron chi connectivity index (χ3n) is 9.40. The molecule has 0 unspecified atom stereocenters. The molecule has 8 heteroatoms. The van der Waals surface area contributed by atoms with E-state index in [1.165, 1.54) is 0 Å². The summed E-state index contributed by atoms with van der Waals surface area (Å²) in [5.41, 5.74) is 10.0. The van der Waals surface area contributed by atoms with Crippen LogP contribution in [0.5, 0.6) is 0 Å². The molecule has 2 heterocycles. The summed E-state index contributed by atoms with van der Waals surface area (Å²) < 4.78 is 16.6. The third-order valence-corrected chi connectivity index (χ3v) is 13.2. The zero-order valence-electron chi connectivity index (χ0n) is 28.6. The Morgan fingerprint density at radius 1 is 0.635 bits per heavy atom. The van der Waals surface area contributed by atoms with Gasteiger partial charge in [0.05, 0.1) is 34.4 Å². The molecule has 5 aromatic rings. The first kappa shape index (κ1) is 36.3. The van der Waals surface area contributed by atoms with Crippen molar-refractivity contribution in [3.63, 3.8) is 0 Å². The van der Waals surface area contributed by atoms with E-state index in [0.717, 1.165) is 73.5 Å². The Labute approximate surface area is 336 Å². The molecule has 1 aliphatic carbocycles. The van der Waals surface area contributed by atoms with Crippen molar-refractivity contribution in [2.45, 2.75) is 27.7 Å². The van der Waals surface area contributed by atoms with Crippen molar-refractivity contribution in [3.8, 4) is 22.6 Å². The fourth-order valence-electron chi connectivity index (χ4n) is 6.14. The smallest absolute Gasteiger partial charge is 0.361 e. The summed E-state index contributed by atoms with van der Waals surface area (Å²) in [6.45, 7) is 8.27. The van der Waals surface area contributed by atoms with Gasteiger partial charge < -0.3 is 9.84 Å². The summed E-state index contributed by atoms with van der Waals surface area (Å²) in [6, 6.07) is 27.8. The number of allylic oxidation sites excluding steroid dienone is 6. The molecule has 1 aliphatic heterocycles. The molecule has 4 aromatic carbocycles. The second-order valence-electron chi connectivity index (χ2n) is 12.8. The van der Waals surface area contributed by atoms with Crippen LogP contribution in [0, 0.1) is 27.7 Å². The molecule has 2 aliphatic rings. The molecule has 0 saturated heterocycles. The molecule has 0 atom stereocenters. The average molecular weight is 943 g/mol. The van der Waals surface area contributed by atoms with Crippen LogP contribution in [0.4, 0.5) is 0 Å². The zero-order chi connectivity index (χ0) is 36.8. The SMILES string of the molecule is Cc1cccc(C2=CC(=CC3=C(O)C(=Cc4cc(-c5ccc(Br)c(Br)c5)[o+]c(-c5cccc(C)c5C)c4)C3=O)C=C(c3ccc(Br)c(Br)c3)O2)c1C. The molecule has 1 aromatic heterocycles. The lowest BCUT2D eigenvalue weighted by Gasteiger charge is -2.23. The molecule has 0 saturated carbocycles. The van der Waals surface area contributed by atoms with Crippen LogP contribution in [-0.2, 0) is 9.53 Å². The Balaban J connectivity index is 1.32. The number of hydrogen-bond acceptors (Lipinski definition) is 3. The fraction of sp³-hybridized carbons (Fsp3) is 0.0909. The van der Waals surface area contributed by atoms with E-state index in [2.05, 4.69) is 104 Å². The molecule has 0 amide bonds. The molecule has 0 radical (unpaired) electrons. The van der Waals surface area contributed by atoms with E-state index < -0.39 is 0 Å². The van der Waals surface area contributed by atoms with Crippen molar-refractivity contribution in [3.05, 3.63) is 182 Å². The van der Waals surface area contributed by atoms with E-state index >= 15 is 0 Å². The highest BCUT2D eigenvalue weighted by molar-refractivity contribution is 9.13. The van der Waals surface area contributed by atoms with Crippen LogP contribution in [-0.4, -0.2) is 10.9 Å². The van der Waals surface area contributed by atoms with Gasteiger partial charge in [0.25, 0.3) is 0 Å². The van der Waals surface area contributed by atoms with Gasteiger partial charge in [-0.1, -0.05) is 36.4 Å². The Kier molecular flexibility index (Phi) is 10.3. The minimum Gasteiger partial charge on any atom is -0.506 e. The van der Waals surface area contributed by atoms with Crippen LogP contribution in [0.3, 0.4) is 0 Å². The lowest BCUT2D eigenvalue weighted by molar-refractivity contribution is -0.113. The van der Waals surface area contributed by atoms with E-state index in [0.29, 0.717) is 23.0 Å². The lowest BCUT2D eigenvalue weighted by atomic mass is 9.85. The maximum absolute atomic E-state index is 13.8. The predicted octanol–water partition coefficient (Wildman–Crippen LogP) is 14.0. The highest BCUT2D eigenvalue weighted by atomic mass is 79.9. The number of carbonyl (C=O) groups is 1. The van der Waals surface area contributed by atoms with E-state index in [9.17, 15) is 9.90 Å². The second-order valence-corrected chi connectivity index (χ2v) is 16.2. The van der Waals surface area contributed by atoms with Crippen LogP contribution in [0.25, 0.3) is 40.2 Å². The number of rotatable bonds is 6. The number of carbonyl (C=O) groups excluding carboxylic acids is 1. The number of benzene rings is 4. The summed E-state index contributed by atoms with van der Waals surface area (Å²) in [6.07, 6.45) is 7.25. The first-order chi connectivity index (χ1) is 24.9. The number of ether oxygens (including phenoxy) is 1. The van der Waals surface area contributed by atoms with Gasteiger partial charge in [0.1, 0.15) is 17.3 Å². The molecule has 4 nitrogen and oxygen atoms in total. The minimum atomic E-state index is -0.249. The van der Waals surface area contributed by atoms with E-state index in [1.54, 1.807) is 12.2 Å². The monoisotopic (exact) mass is 939 g/mol. The van der Waals surface area contributed by atoms with Crippen molar-refractivity contribution in [2.75, 3.05) is 0 Å². The molecule has 0 bridgehead atoms. The summed E-state index contributed by atoms with van der Waals surface area (Å²) in [5, 5.41) is 11.4. The zero-order valence-corrected chi connectivity index (χ0v) is 34.9. The number of halogens is 4. The summed E-state index contributed by atoms with van der Waals surface area (Å²) in [4.78, 5) is 13.8. The van der Waals surface area contributed by atoms with Gasteiger partial charge in [-0.15, -0.1) is 0 Å². The minimum absolute atomic E-state index is 0.0611. The van der Waals surface area contributed by atoms with Crippen molar-refractivity contribution in [1.82, 2.24) is 0 Å². The standard InChI is InChI=1S/C44H30Br4O4/c1-23-7-5-9-31(25(23)3)41-19-27(17-39(51-41)29-11-13-35(45)37(47)21-29)15-33-43(49)34(44(33)50)16-28-18-40(30-12-14-36(46)38(48)22-30)52-42(20-28)32-10-6-8-24(2)26(32)4/h5-22H,1-4H3/p+1. The van der Waals surface area contributed by atoms with Crippen molar-refractivity contribution in [1.29, 1.82) is 0 Å². The first-order valence-corrected chi connectivity index (χ1v) is 19.6. The fourth-order valence-corrected chi connectivity index (χ4v) is 7.39. The topological polar surface area (TPSA) is 57.8 Å². The maximum atomic E-state index is 13.8. The normalized spacial score (nSPS) is 15.8. The Hall–Kier alpha value is -4.08. The lowest BCUT2D eigenvalue weighted by Crippen LogP contribution is -2.21. The van der Waals surface area contributed by atoms with Crippen molar-refractivity contribution >= 4 is 87.1 Å². The van der Waals surface area contributed by atoms with Crippen LogP contribution in [0.15, 0.2) is 148 Å². The maximum Gasteiger partial charge on any atom is 0.361 e. The van der Waals surface area contributed by atoms with Gasteiger partial charge in [0.2, 0.25) is 5.78 Å². The second kappa shape index (κ2) is 14.7. The number of aryl methyl sites for hydroxylation is 2. The number of hydrogen-bond donors (Lipinski definition) is 1. The van der Waals surface area contributed by atoms with Crippen LogP contribution in [0.2, 0.25) is 0 Å². The van der Waals surface area contributed by atoms with Gasteiger partial charge in [0.15, 0.2) is 0 Å². The average Bonchev–Trinajstić information content (AvgIpc) is 3.13. The van der Waals surface area contributed by atoms with Gasteiger partial charge >= 0.3 is 11.5 Å². The number of Topliss-reactive ketones (excluding diaryl/α,β-unsaturated/α-hetero) is 1. The van der Waals surface area contributed by atoms with Crippen LogP contribution in [0.1, 0.15) is 38.9 Å².